The fourth-order valence-corrected chi connectivity index (χ4v) is 2.44. The lowest BCUT2D eigenvalue weighted by atomic mass is 10.1. The molecule has 1 heterocycles. The van der Waals surface area contributed by atoms with Crippen LogP contribution in [0.1, 0.15) is 5.56 Å². The Hall–Kier alpha value is -0.520. The molecule has 0 bridgehead atoms. The van der Waals surface area contributed by atoms with E-state index < -0.39 is 0 Å². The number of nitrogens with one attached hydrogen (secondary N) is 2. The summed E-state index contributed by atoms with van der Waals surface area (Å²) in [6.07, 6.45) is -0.259. The van der Waals surface area contributed by atoms with Crippen LogP contribution in [-0.2, 0) is 6.54 Å². The van der Waals surface area contributed by atoms with E-state index in [2.05, 4.69) is 10.6 Å². The van der Waals surface area contributed by atoms with Crippen LogP contribution >= 0.6 is 24.0 Å². The van der Waals surface area contributed by atoms with E-state index >= 15 is 0 Å². The van der Waals surface area contributed by atoms with E-state index in [9.17, 15) is 5.11 Å². The van der Waals surface area contributed by atoms with Gasteiger partial charge < -0.3 is 20.5 Å². The first-order valence-corrected chi connectivity index (χ1v) is 6.51. The fraction of sp³-hybridized carbons (Fsp3) is 0.538. The van der Waals surface area contributed by atoms with Crippen molar-refractivity contribution in [2.45, 2.75) is 12.6 Å². The second-order valence-corrected chi connectivity index (χ2v) is 4.94. The van der Waals surface area contributed by atoms with Gasteiger partial charge in [-0.15, -0.1) is 12.4 Å². The number of hydrogen-bond donors (Lipinski definition) is 3. The van der Waals surface area contributed by atoms with Gasteiger partial charge in [0.15, 0.2) is 0 Å². The summed E-state index contributed by atoms with van der Waals surface area (Å²) in [7, 11) is 1.64. The number of rotatable bonds is 5. The van der Waals surface area contributed by atoms with Gasteiger partial charge in [-0.1, -0.05) is 17.7 Å². The highest BCUT2D eigenvalue weighted by molar-refractivity contribution is 6.31. The molecule has 1 saturated heterocycles. The Kier molecular flexibility index (Phi) is 6.89. The zero-order valence-corrected chi connectivity index (χ0v) is 12.4. The topological polar surface area (TPSA) is 53.5 Å². The highest BCUT2D eigenvalue weighted by atomic mass is 35.5. The zero-order valence-electron chi connectivity index (χ0n) is 10.9. The third-order valence-corrected chi connectivity index (χ3v) is 3.66. The third kappa shape index (κ3) is 4.23. The molecule has 4 nitrogen and oxygen atoms in total. The van der Waals surface area contributed by atoms with Crippen molar-refractivity contribution in [3.05, 3.63) is 28.8 Å². The van der Waals surface area contributed by atoms with Crippen molar-refractivity contribution in [1.82, 2.24) is 10.6 Å². The van der Waals surface area contributed by atoms with Crippen LogP contribution in [0.4, 0.5) is 0 Å². The van der Waals surface area contributed by atoms with Crippen molar-refractivity contribution < 1.29 is 9.84 Å². The van der Waals surface area contributed by atoms with Crippen molar-refractivity contribution >= 4 is 24.0 Å². The molecule has 19 heavy (non-hydrogen) atoms. The molecule has 2 rings (SSSR count). The highest BCUT2D eigenvalue weighted by Gasteiger charge is 2.24. The normalized spacial score (nSPS) is 22.1. The number of benzene rings is 1. The molecule has 1 fully saturated rings. The summed E-state index contributed by atoms with van der Waals surface area (Å²) in [5.41, 5.74) is 0.960. The highest BCUT2D eigenvalue weighted by Crippen LogP contribution is 2.25. The first kappa shape index (κ1) is 16.5. The van der Waals surface area contributed by atoms with Crippen molar-refractivity contribution in [2.24, 2.45) is 5.92 Å². The summed E-state index contributed by atoms with van der Waals surface area (Å²) in [4.78, 5) is 0. The molecule has 1 aliphatic heterocycles. The summed E-state index contributed by atoms with van der Waals surface area (Å²) < 4.78 is 5.28. The average Bonchev–Trinajstić information content (AvgIpc) is 2.77. The molecular weight excluding hydrogens is 287 g/mol. The van der Waals surface area contributed by atoms with Crippen LogP contribution in [-0.4, -0.2) is 38.0 Å². The van der Waals surface area contributed by atoms with Crippen LogP contribution in [0, 0.1) is 5.92 Å². The minimum Gasteiger partial charge on any atom is -0.496 e. The molecule has 0 radical (unpaired) electrons. The number of hydrogen-bond acceptors (Lipinski definition) is 4. The summed E-state index contributed by atoms with van der Waals surface area (Å²) in [6, 6.07) is 5.62. The number of methoxy groups -OCH3 is 1. The van der Waals surface area contributed by atoms with E-state index in [0.717, 1.165) is 24.4 Å². The van der Waals surface area contributed by atoms with Gasteiger partial charge >= 0.3 is 0 Å². The van der Waals surface area contributed by atoms with E-state index in [4.69, 9.17) is 16.3 Å². The van der Waals surface area contributed by atoms with Crippen LogP contribution < -0.4 is 15.4 Å². The molecule has 0 aliphatic carbocycles. The SMILES string of the molecule is COc1cccc(Cl)c1CNCC1CNCC1O.Cl. The molecule has 108 valence electrons. The Bertz CT molecular complexity index is 404. The molecule has 2 unspecified atom stereocenters. The predicted octanol–water partition coefficient (Wildman–Crippen LogP) is 1.44. The van der Waals surface area contributed by atoms with Crippen molar-refractivity contribution in [2.75, 3.05) is 26.7 Å². The molecule has 1 aromatic carbocycles. The third-order valence-electron chi connectivity index (χ3n) is 3.31. The number of aliphatic hydroxyl groups excluding tert-OH is 1. The van der Waals surface area contributed by atoms with Crippen LogP contribution in [0.25, 0.3) is 0 Å². The summed E-state index contributed by atoms with van der Waals surface area (Å²) >= 11 is 6.15. The van der Waals surface area contributed by atoms with Crippen molar-refractivity contribution in [1.29, 1.82) is 0 Å². The molecule has 0 spiro atoms. The molecular formula is C13H20Cl2N2O2. The second-order valence-electron chi connectivity index (χ2n) is 4.54. The summed E-state index contributed by atoms with van der Waals surface area (Å²) in [5.74, 6) is 1.05. The molecule has 0 saturated carbocycles. The molecule has 2 atom stereocenters. The molecule has 1 aromatic rings. The minimum absolute atomic E-state index is 0. The Labute approximate surface area is 124 Å². The zero-order chi connectivity index (χ0) is 13.0. The predicted molar refractivity (Wildman–Crippen MR) is 79.3 cm³/mol. The van der Waals surface area contributed by atoms with E-state index in [1.807, 2.05) is 18.2 Å². The second kappa shape index (κ2) is 7.92. The summed E-state index contributed by atoms with van der Waals surface area (Å²) in [6.45, 7) is 2.95. The van der Waals surface area contributed by atoms with Gasteiger partial charge in [-0.05, 0) is 12.1 Å². The van der Waals surface area contributed by atoms with Gasteiger partial charge in [0.1, 0.15) is 5.75 Å². The largest absolute Gasteiger partial charge is 0.496 e. The number of β-amino-alcohol motifs (C(OH)–C–C–N with tert-alkyl or cyclic N) is 1. The van der Waals surface area contributed by atoms with Crippen molar-refractivity contribution in [3.63, 3.8) is 0 Å². The van der Waals surface area contributed by atoms with Gasteiger partial charge in [0, 0.05) is 42.7 Å². The van der Waals surface area contributed by atoms with Crippen LogP contribution in [0.15, 0.2) is 18.2 Å². The Morgan fingerprint density at radius 3 is 2.89 bits per heavy atom. The Morgan fingerprint density at radius 2 is 2.26 bits per heavy atom. The Balaban J connectivity index is 0.00000180. The van der Waals surface area contributed by atoms with Gasteiger partial charge in [0.2, 0.25) is 0 Å². The average molecular weight is 307 g/mol. The number of halogens is 2. The minimum atomic E-state index is -0.259. The summed E-state index contributed by atoms with van der Waals surface area (Å²) in [5, 5.41) is 16.9. The van der Waals surface area contributed by atoms with Gasteiger partial charge in [0.25, 0.3) is 0 Å². The van der Waals surface area contributed by atoms with Gasteiger partial charge in [-0.3, -0.25) is 0 Å². The molecule has 0 amide bonds. The van der Waals surface area contributed by atoms with Crippen LogP contribution in [0.5, 0.6) is 5.75 Å². The monoisotopic (exact) mass is 306 g/mol. The lowest BCUT2D eigenvalue weighted by Gasteiger charge is -2.16. The lowest BCUT2D eigenvalue weighted by Crippen LogP contribution is -2.30. The first-order chi connectivity index (χ1) is 8.72. The van der Waals surface area contributed by atoms with E-state index in [1.165, 1.54) is 0 Å². The standard InChI is InChI=1S/C13H19ClN2O2.ClH/c1-18-13-4-2-3-11(14)10(13)7-15-5-9-6-16-8-12(9)17;/h2-4,9,12,15-17H,5-8H2,1H3;1H. The maximum Gasteiger partial charge on any atom is 0.124 e. The molecule has 3 N–H and O–H groups in total. The maximum atomic E-state index is 9.69. The van der Waals surface area contributed by atoms with Gasteiger partial charge in [-0.25, -0.2) is 0 Å². The number of ether oxygens (including phenoxy) is 1. The van der Waals surface area contributed by atoms with E-state index in [0.29, 0.717) is 18.1 Å². The maximum absolute atomic E-state index is 9.69. The van der Waals surface area contributed by atoms with E-state index in [-0.39, 0.29) is 24.4 Å². The quantitative estimate of drug-likeness (QED) is 0.770. The lowest BCUT2D eigenvalue weighted by molar-refractivity contribution is 0.146. The molecule has 0 aromatic heterocycles. The van der Waals surface area contributed by atoms with Crippen molar-refractivity contribution in [3.8, 4) is 5.75 Å². The Morgan fingerprint density at radius 1 is 1.47 bits per heavy atom. The van der Waals surface area contributed by atoms with Crippen LogP contribution in [0.3, 0.4) is 0 Å². The van der Waals surface area contributed by atoms with E-state index in [1.54, 1.807) is 7.11 Å². The molecule has 6 heteroatoms. The van der Waals surface area contributed by atoms with Gasteiger partial charge in [0.05, 0.1) is 13.2 Å². The first-order valence-electron chi connectivity index (χ1n) is 6.13. The van der Waals surface area contributed by atoms with Gasteiger partial charge in [-0.2, -0.15) is 0 Å². The molecule has 1 aliphatic rings. The smallest absolute Gasteiger partial charge is 0.124 e. The van der Waals surface area contributed by atoms with Crippen LogP contribution in [0.2, 0.25) is 5.02 Å². The number of aliphatic hydroxyl groups is 1. The fourth-order valence-electron chi connectivity index (χ4n) is 2.21.